The Bertz CT molecular complexity index is 764. The van der Waals surface area contributed by atoms with Crippen molar-refractivity contribution in [2.75, 3.05) is 17.2 Å². The number of nitrogen functional groups attached to an aromatic ring is 1. The van der Waals surface area contributed by atoms with Crippen LogP contribution in [0.5, 0.6) is 0 Å². The molecule has 0 aliphatic carbocycles. The van der Waals surface area contributed by atoms with Gasteiger partial charge in [0.2, 0.25) is 0 Å². The molecule has 2 N–H and O–H groups in total. The lowest BCUT2D eigenvalue weighted by molar-refractivity contribution is 0.749. The van der Waals surface area contributed by atoms with E-state index in [9.17, 15) is 0 Å². The zero-order valence-corrected chi connectivity index (χ0v) is 12.6. The predicted molar refractivity (Wildman–Crippen MR) is 80.0 cm³/mol. The third-order valence-corrected chi connectivity index (χ3v) is 5.56. The van der Waals surface area contributed by atoms with Crippen LogP contribution in [0.15, 0.2) is 0 Å². The second-order valence-electron chi connectivity index (χ2n) is 4.29. The molecule has 0 bridgehead atoms. The number of halogens is 1. The number of hydrogen-bond donors (Lipinski definition) is 1. The highest BCUT2D eigenvalue weighted by atomic mass is 35.5. The molecule has 100 valence electrons. The fourth-order valence-corrected chi connectivity index (χ4v) is 4.43. The van der Waals surface area contributed by atoms with Gasteiger partial charge in [-0.2, -0.15) is 14.9 Å². The number of anilines is 2. The molecule has 0 radical (unpaired) electrons. The van der Waals surface area contributed by atoms with Crippen LogP contribution >= 0.6 is 34.5 Å². The molecule has 8 heteroatoms. The van der Waals surface area contributed by atoms with Crippen LogP contribution in [0.4, 0.5) is 10.0 Å². The van der Waals surface area contributed by atoms with Gasteiger partial charge in [0, 0.05) is 11.4 Å². The number of aromatic nitrogens is 1. The molecule has 1 aliphatic heterocycles. The van der Waals surface area contributed by atoms with Gasteiger partial charge in [0.15, 0.2) is 5.15 Å². The molecule has 20 heavy (non-hydrogen) atoms. The average molecular weight is 322 g/mol. The molecule has 3 heterocycles. The van der Waals surface area contributed by atoms with Crippen LogP contribution in [0.1, 0.15) is 21.6 Å². The normalized spacial score (nSPS) is 13.7. The number of nitrogens with two attached hydrogens (primary N) is 1. The maximum atomic E-state index is 9.15. The van der Waals surface area contributed by atoms with Gasteiger partial charge >= 0.3 is 0 Å². The van der Waals surface area contributed by atoms with Gasteiger partial charge < -0.3 is 10.6 Å². The molecule has 5 nitrogen and oxygen atoms in total. The summed E-state index contributed by atoms with van der Waals surface area (Å²) in [7, 11) is 0. The van der Waals surface area contributed by atoms with E-state index in [1.807, 2.05) is 0 Å². The van der Waals surface area contributed by atoms with Gasteiger partial charge in [-0.15, -0.1) is 11.3 Å². The van der Waals surface area contributed by atoms with Gasteiger partial charge in [-0.05, 0) is 23.5 Å². The van der Waals surface area contributed by atoms with E-state index in [2.05, 4.69) is 21.4 Å². The Balaban J connectivity index is 1.97. The van der Waals surface area contributed by atoms with Crippen molar-refractivity contribution >= 4 is 44.5 Å². The minimum atomic E-state index is 0.252. The van der Waals surface area contributed by atoms with E-state index in [1.165, 1.54) is 22.9 Å². The number of fused-ring (bicyclic) bond motifs is 1. The van der Waals surface area contributed by atoms with Crippen LogP contribution in [0, 0.1) is 22.7 Å². The summed E-state index contributed by atoms with van der Waals surface area (Å²) in [6, 6.07) is 4.26. The third-order valence-electron chi connectivity index (χ3n) is 3.23. The number of rotatable bonds is 1. The molecule has 0 saturated heterocycles. The van der Waals surface area contributed by atoms with E-state index in [4.69, 9.17) is 27.9 Å². The fraction of sp³-hybridized carbons (Fsp3) is 0.250. The molecule has 1 aliphatic rings. The lowest BCUT2D eigenvalue weighted by Gasteiger charge is -2.27. The Kier molecular flexibility index (Phi) is 3.27. The minimum Gasteiger partial charge on any atom is -0.389 e. The largest absolute Gasteiger partial charge is 0.389 e. The molecule has 0 aromatic carbocycles. The molecular formula is C12H8ClN5S2. The molecule has 0 spiro atoms. The van der Waals surface area contributed by atoms with Crippen molar-refractivity contribution < 1.29 is 0 Å². The van der Waals surface area contributed by atoms with Crippen LogP contribution in [0.2, 0.25) is 5.15 Å². The second kappa shape index (κ2) is 4.95. The topological polar surface area (TPSA) is 89.7 Å². The first-order chi connectivity index (χ1) is 9.65. The number of hydrogen-bond acceptors (Lipinski definition) is 7. The lowest BCUT2D eigenvalue weighted by Crippen LogP contribution is -2.29. The first-order valence-corrected chi connectivity index (χ1v) is 7.72. The molecule has 0 fully saturated rings. The molecule has 0 atom stereocenters. The summed E-state index contributed by atoms with van der Waals surface area (Å²) in [6.45, 7) is 1.37. The second-order valence-corrected chi connectivity index (χ2v) is 6.54. The van der Waals surface area contributed by atoms with Crippen LogP contribution in [-0.2, 0) is 13.0 Å². The highest BCUT2D eigenvalue weighted by Gasteiger charge is 2.26. The Morgan fingerprint density at radius 3 is 2.75 bits per heavy atom. The molecular weight excluding hydrogens is 314 g/mol. The summed E-state index contributed by atoms with van der Waals surface area (Å²) in [5.41, 5.74) is 7.94. The number of nitriles is 2. The molecule has 2 aromatic rings. The maximum absolute atomic E-state index is 9.15. The van der Waals surface area contributed by atoms with Crippen molar-refractivity contribution in [3.05, 3.63) is 26.7 Å². The Morgan fingerprint density at radius 1 is 1.30 bits per heavy atom. The van der Waals surface area contributed by atoms with E-state index in [0.717, 1.165) is 28.4 Å². The molecule has 0 amide bonds. The van der Waals surface area contributed by atoms with Gasteiger partial charge in [0.1, 0.15) is 27.7 Å². The van der Waals surface area contributed by atoms with E-state index >= 15 is 0 Å². The van der Waals surface area contributed by atoms with Crippen LogP contribution in [0.25, 0.3) is 0 Å². The fourth-order valence-electron chi connectivity index (χ4n) is 2.29. The van der Waals surface area contributed by atoms with Gasteiger partial charge in [-0.1, -0.05) is 11.6 Å². The first-order valence-electron chi connectivity index (χ1n) is 5.76. The number of thiophene rings is 1. The van der Waals surface area contributed by atoms with Crippen LogP contribution in [0.3, 0.4) is 0 Å². The van der Waals surface area contributed by atoms with Crippen molar-refractivity contribution in [3.63, 3.8) is 0 Å². The Labute approximate surface area is 128 Å². The highest BCUT2D eigenvalue weighted by Crippen LogP contribution is 2.39. The van der Waals surface area contributed by atoms with E-state index in [1.54, 1.807) is 0 Å². The molecule has 0 unspecified atom stereocenters. The summed E-state index contributed by atoms with van der Waals surface area (Å²) in [5.74, 6) is 0. The molecule has 2 aromatic heterocycles. The van der Waals surface area contributed by atoms with E-state index < -0.39 is 0 Å². The standard InChI is InChI=1S/C12H8ClN5S2/c13-10-8(4-15)12(20-17-10)18-2-1-6-7(3-14)11(16)19-9(6)5-18/h1-2,5,16H2. The Hall–Kier alpha value is -1.80. The Morgan fingerprint density at radius 2 is 2.05 bits per heavy atom. The van der Waals surface area contributed by atoms with Crippen LogP contribution in [-0.4, -0.2) is 10.9 Å². The highest BCUT2D eigenvalue weighted by molar-refractivity contribution is 7.16. The summed E-state index contributed by atoms with van der Waals surface area (Å²) in [5, 5.41) is 19.9. The average Bonchev–Trinajstić information content (AvgIpc) is 2.96. The van der Waals surface area contributed by atoms with E-state index in [-0.39, 0.29) is 5.15 Å². The van der Waals surface area contributed by atoms with Crippen molar-refractivity contribution in [2.45, 2.75) is 13.0 Å². The zero-order valence-electron chi connectivity index (χ0n) is 10.2. The SMILES string of the molecule is N#Cc1c(Cl)nsc1N1CCc2c(sc(N)c2C#N)C1. The van der Waals surface area contributed by atoms with Crippen molar-refractivity contribution in [1.82, 2.24) is 4.37 Å². The summed E-state index contributed by atoms with van der Waals surface area (Å²) >= 11 is 8.58. The molecule has 3 rings (SSSR count). The van der Waals surface area contributed by atoms with Gasteiger partial charge in [-0.25, -0.2) is 0 Å². The number of nitrogens with zero attached hydrogens (tertiary/aromatic N) is 4. The van der Waals surface area contributed by atoms with Crippen molar-refractivity contribution in [1.29, 1.82) is 10.5 Å². The summed E-state index contributed by atoms with van der Waals surface area (Å²) in [4.78, 5) is 3.15. The third kappa shape index (κ3) is 1.92. The van der Waals surface area contributed by atoms with Crippen molar-refractivity contribution in [2.24, 2.45) is 0 Å². The molecule has 0 saturated carbocycles. The summed E-state index contributed by atoms with van der Waals surface area (Å²) in [6.07, 6.45) is 0.742. The monoisotopic (exact) mass is 321 g/mol. The van der Waals surface area contributed by atoms with Crippen LogP contribution < -0.4 is 10.6 Å². The smallest absolute Gasteiger partial charge is 0.162 e. The van der Waals surface area contributed by atoms with Crippen molar-refractivity contribution in [3.8, 4) is 12.1 Å². The van der Waals surface area contributed by atoms with Gasteiger partial charge in [-0.3, -0.25) is 0 Å². The maximum Gasteiger partial charge on any atom is 0.162 e. The van der Waals surface area contributed by atoms with E-state index in [0.29, 0.717) is 22.7 Å². The summed E-state index contributed by atoms with van der Waals surface area (Å²) < 4.78 is 4.03. The van der Waals surface area contributed by atoms with Gasteiger partial charge in [0.05, 0.1) is 12.1 Å². The minimum absolute atomic E-state index is 0.252. The first kappa shape index (κ1) is 13.2. The van der Waals surface area contributed by atoms with Gasteiger partial charge in [0.25, 0.3) is 0 Å². The quantitative estimate of drug-likeness (QED) is 0.872. The predicted octanol–water partition coefficient (Wildman–Crippen LogP) is 2.75. The lowest BCUT2D eigenvalue weighted by atomic mass is 10.0. The zero-order chi connectivity index (χ0) is 14.3.